The standard InChI is InChI=1S/C20H28ClN5O2S/c21-16-13-17(23-20(22-16)29-14-18(27)25-7-3-4-8-25)24-9-11-26(12-10-24)19(28)15-5-1-2-6-15/h13,15H,1-12,14H2. The molecule has 3 aliphatic rings. The molecule has 2 aliphatic heterocycles. The maximum atomic E-state index is 12.6. The minimum atomic E-state index is 0.136. The smallest absolute Gasteiger partial charge is 0.233 e. The lowest BCUT2D eigenvalue weighted by Gasteiger charge is -2.36. The van der Waals surface area contributed by atoms with Crippen LogP contribution in [0.4, 0.5) is 5.82 Å². The Hall–Kier alpha value is -1.54. The predicted molar refractivity (Wildman–Crippen MR) is 114 cm³/mol. The summed E-state index contributed by atoms with van der Waals surface area (Å²) in [6.45, 7) is 4.61. The first-order valence-electron chi connectivity index (χ1n) is 10.6. The number of anilines is 1. The van der Waals surface area contributed by atoms with Gasteiger partial charge in [-0.15, -0.1) is 0 Å². The van der Waals surface area contributed by atoms with Gasteiger partial charge in [-0.1, -0.05) is 36.2 Å². The predicted octanol–water partition coefficient (Wildman–Crippen LogP) is 2.68. The van der Waals surface area contributed by atoms with Crippen molar-refractivity contribution in [3.8, 4) is 0 Å². The summed E-state index contributed by atoms with van der Waals surface area (Å²) in [5, 5.41) is 0.917. The van der Waals surface area contributed by atoms with Crippen LogP contribution in [0.2, 0.25) is 5.15 Å². The summed E-state index contributed by atoms with van der Waals surface area (Å²) in [5.41, 5.74) is 0. The van der Waals surface area contributed by atoms with E-state index >= 15 is 0 Å². The minimum Gasteiger partial charge on any atom is -0.353 e. The lowest BCUT2D eigenvalue weighted by Crippen LogP contribution is -2.50. The van der Waals surface area contributed by atoms with Gasteiger partial charge in [0.2, 0.25) is 11.8 Å². The third-order valence-electron chi connectivity index (χ3n) is 6.06. The molecule has 7 nitrogen and oxygen atoms in total. The molecule has 1 saturated carbocycles. The van der Waals surface area contributed by atoms with Crippen LogP contribution in [-0.4, -0.2) is 76.6 Å². The van der Waals surface area contributed by atoms with Crippen LogP contribution < -0.4 is 4.90 Å². The van der Waals surface area contributed by atoms with E-state index in [0.29, 0.717) is 35.1 Å². The number of nitrogens with zero attached hydrogens (tertiary/aromatic N) is 5. The molecule has 0 atom stereocenters. The molecule has 158 valence electrons. The Morgan fingerprint density at radius 3 is 2.34 bits per heavy atom. The summed E-state index contributed by atoms with van der Waals surface area (Å²) in [5.74, 6) is 1.79. The van der Waals surface area contributed by atoms with Crippen LogP contribution in [0.1, 0.15) is 38.5 Å². The largest absolute Gasteiger partial charge is 0.353 e. The molecule has 0 aromatic carbocycles. The van der Waals surface area contributed by atoms with Crippen molar-refractivity contribution in [3.63, 3.8) is 0 Å². The number of amides is 2. The molecular weight excluding hydrogens is 410 g/mol. The summed E-state index contributed by atoms with van der Waals surface area (Å²) < 4.78 is 0. The van der Waals surface area contributed by atoms with Gasteiger partial charge in [0.05, 0.1) is 5.75 Å². The summed E-state index contributed by atoms with van der Waals surface area (Å²) in [7, 11) is 0. The van der Waals surface area contributed by atoms with E-state index in [2.05, 4.69) is 14.9 Å². The average Bonchev–Trinajstić information content (AvgIpc) is 3.45. The molecule has 1 aromatic rings. The second-order valence-corrected chi connectivity index (χ2v) is 9.33. The van der Waals surface area contributed by atoms with Crippen molar-refractivity contribution in [1.29, 1.82) is 0 Å². The van der Waals surface area contributed by atoms with Gasteiger partial charge in [-0.3, -0.25) is 9.59 Å². The number of likely N-dealkylation sites (tertiary alicyclic amines) is 1. The fourth-order valence-corrected chi connectivity index (χ4v) is 5.37. The molecule has 1 aliphatic carbocycles. The van der Waals surface area contributed by atoms with Crippen molar-refractivity contribution < 1.29 is 9.59 Å². The maximum Gasteiger partial charge on any atom is 0.233 e. The molecule has 0 unspecified atom stereocenters. The Kier molecular flexibility index (Phi) is 6.80. The van der Waals surface area contributed by atoms with Gasteiger partial charge in [-0.05, 0) is 25.7 Å². The van der Waals surface area contributed by atoms with E-state index in [1.54, 1.807) is 6.07 Å². The van der Waals surface area contributed by atoms with Gasteiger partial charge in [0.15, 0.2) is 5.16 Å². The zero-order valence-electron chi connectivity index (χ0n) is 16.7. The summed E-state index contributed by atoms with van der Waals surface area (Å²) in [6, 6.07) is 1.77. The molecule has 1 aromatic heterocycles. The summed E-state index contributed by atoms with van der Waals surface area (Å²) in [6.07, 6.45) is 6.61. The number of carbonyl (C=O) groups is 2. The van der Waals surface area contributed by atoms with Crippen LogP contribution in [-0.2, 0) is 9.59 Å². The van der Waals surface area contributed by atoms with Crippen molar-refractivity contribution in [2.45, 2.75) is 43.7 Å². The van der Waals surface area contributed by atoms with E-state index in [4.69, 9.17) is 11.6 Å². The highest BCUT2D eigenvalue weighted by molar-refractivity contribution is 7.99. The summed E-state index contributed by atoms with van der Waals surface area (Å²) in [4.78, 5) is 39.9. The molecule has 29 heavy (non-hydrogen) atoms. The highest BCUT2D eigenvalue weighted by Crippen LogP contribution is 2.28. The topological polar surface area (TPSA) is 69.6 Å². The van der Waals surface area contributed by atoms with E-state index in [0.717, 1.165) is 57.7 Å². The van der Waals surface area contributed by atoms with E-state index < -0.39 is 0 Å². The molecule has 3 fully saturated rings. The second kappa shape index (κ2) is 9.51. The first-order chi connectivity index (χ1) is 14.1. The summed E-state index contributed by atoms with van der Waals surface area (Å²) >= 11 is 7.57. The van der Waals surface area contributed by atoms with E-state index in [9.17, 15) is 9.59 Å². The van der Waals surface area contributed by atoms with Crippen molar-refractivity contribution in [1.82, 2.24) is 19.8 Å². The monoisotopic (exact) mass is 437 g/mol. The number of halogens is 1. The number of thioether (sulfide) groups is 1. The molecule has 4 rings (SSSR count). The zero-order chi connectivity index (χ0) is 20.2. The quantitative estimate of drug-likeness (QED) is 0.400. The molecular formula is C20H28ClN5O2S. The lowest BCUT2D eigenvalue weighted by molar-refractivity contribution is -0.135. The number of hydrogen-bond acceptors (Lipinski definition) is 6. The Balaban J connectivity index is 1.32. The molecule has 3 heterocycles. The molecule has 2 saturated heterocycles. The van der Waals surface area contributed by atoms with Gasteiger partial charge in [-0.2, -0.15) is 0 Å². The van der Waals surface area contributed by atoms with E-state index in [1.807, 2.05) is 9.80 Å². The third kappa shape index (κ3) is 5.15. The van der Waals surface area contributed by atoms with Crippen molar-refractivity contribution in [2.75, 3.05) is 49.9 Å². The minimum absolute atomic E-state index is 0.136. The zero-order valence-corrected chi connectivity index (χ0v) is 18.3. The number of aromatic nitrogens is 2. The Morgan fingerprint density at radius 2 is 1.66 bits per heavy atom. The van der Waals surface area contributed by atoms with Gasteiger partial charge >= 0.3 is 0 Å². The normalized spacial score (nSPS) is 20.5. The van der Waals surface area contributed by atoms with Crippen LogP contribution in [0.25, 0.3) is 0 Å². The van der Waals surface area contributed by atoms with E-state index in [-0.39, 0.29) is 11.8 Å². The van der Waals surface area contributed by atoms with Crippen molar-refractivity contribution >= 4 is 41.0 Å². The SMILES string of the molecule is O=C(CSc1nc(Cl)cc(N2CCN(C(=O)C3CCCC3)CC2)n1)N1CCCC1. The highest BCUT2D eigenvalue weighted by Gasteiger charge is 2.30. The molecule has 0 spiro atoms. The first kappa shape index (κ1) is 20.7. The number of piperazine rings is 1. The fraction of sp³-hybridized carbons (Fsp3) is 0.700. The van der Waals surface area contributed by atoms with Crippen molar-refractivity contribution in [2.24, 2.45) is 5.92 Å². The van der Waals surface area contributed by atoms with Gasteiger partial charge in [0.1, 0.15) is 11.0 Å². The van der Waals surface area contributed by atoms with Gasteiger partial charge in [-0.25, -0.2) is 9.97 Å². The fourth-order valence-electron chi connectivity index (χ4n) is 4.38. The van der Waals surface area contributed by atoms with Gasteiger partial charge in [0, 0.05) is 51.3 Å². The van der Waals surface area contributed by atoms with Crippen molar-refractivity contribution in [3.05, 3.63) is 11.2 Å². The van der Waals surface area contributed by atoms with Crippen LogP contribution in [0.3, 0.4) is 0 Å². The third-order valence-corrected chi connectivity index (χ3v) is 7.09. The molecule has 0 N–H and O–H groups in total. The number of hydrogen-bond donors (Lipinski definition) is 0. The van der Waals surface area contributed by atoms with Crippen LogP contribution in [0.5, 0.6) is 0 Å². The molecule has 0 radical (unpaired) electrons. The molecule has 9 heteroatoms. The second-order valence-electron chi connectivity index (χ2n) is 8.00. The molecule has 0 bridgehead atoms. The number of rotatable bonds is 5. The maximum absolute atomic E-state index is 12.6. The Labute approximate surface area is 181 Å². The Bertz CT molecular complexity index is 744. The van der Waals surface area contributed by atoms with Crippen LogP contribution >= 0.6 is 23.4 Å². The average molecular weight is 438 g/mol. The van der Waals surface area contributed by atoms with Crippen LogP contribution in [0.15, 0.2) is 11.2 Å². The number of carbonyl (C=O) groups excluding carboxylic acids is 2. The van der Waals surface area contributed by atoms with Gasteiger partial charge < -0.3 is 14.7 Å². The van der Waals surface area contributed by atoms with Crippen LogP contribution in [0, 0.1) is 5.92 Å². The lowest BCUT2D eigenvalue weighted by atomic mass is 10.1. The molecule has 2 amide bonds. The Morgan fingerprint density at radius 1 is 0.966 bits per heavy atom. The van der Waals surface area contributed by atoms with Gasteiger partial charge in [0.25, 0.3) is 0 Å². The van der Waals surface area contributed by atoms with E-state index in [1.165, 1.54) is 24.6 Å². The highest BCUT2D eigenvalue weighted by atomic mass is 35.5. The first-order valence-corrected chi connectivity index (χ1v) is 12.0.